The molecular weight excluding hydrogens is 934 g/mol. The molecule has 10 heteroatoms. The third-order valence-corrected chi connectivity index (χ3v) is 19.3. The van der Waals surface area contributed by atoms with Gasteiger partial charge in [-0.25, -0.2) is 0 Å². The van der Waals surface area contributed by atoms with Crippen LogP contribution >= 0.6 is 35.3 Å². The fraction of sp³-hybridized carbons (Fsp3) is 0.389. The van der Waals surface area contributed by atoms with Gasteiger partial charge in [0, 0.05) is 66.1 Å². The Morgan fingerprint density at radius 1 is 0.359 bits per heavy atom. The smallest absolute Gasteiger partial charge is 0.550 e. The van der Waals surface area contributed by atoms with Crippen LogP contribution in [-0.2, 0) is 36.8 Å². The molecule has 12 rings (SSSR count). The second kappa shape index (κ2) is 19.6. The van der Waals surface area contributed by atoms with E-state index in [0.717, 1.165) is 57.8 Å². The van der Waals surface area contributed by atoms with Crippen LogP contribution in [0.2, 0.25) is 0 Å². The largest absolute Gasteiger partial charge is 3.00 e. The van der Waals surface area contributed by atoms with Crippen LogP contribution in [0.4, 0.5) is 0 Å². The first kappa shape index (κ1) is 45.5. The Balaban J connectivity index is 0.000000121. The summed E-state index contributed by atoms with van der Waals surface area (Å²) in [7, 11) is 0. The van der Waals surface area contributed by atoms with Gasteiger partial charge in [-0.05, 0) is 162 Å². The van der Waals surface area contributed by atoms with Gasteiger partial charge in [-0.3, -0.25) is 0 Å². The molecule has 0 aliphatic heterocycles. The minimum Gasteiger partial charge on any atom is -0.550 e. The molecule has 6 aliphatic rings. The standard InChI is InChI=1S/3C18H18O2S.Nb/c3*19-18(20)16-8-11-7-15(16)17(9-11)21-14-6-5-12-3-1-2-4-13(12)10-14;/h3*1-6,10-11,15-17H,7-9H2,(H,19,20);/q;;;+3/p-3. The maximum absolute atomic E-state index is 11.2. The number of fused-ring (bicyclic) bond motifs is 9. The van der Waals surface area contributed by atoms with Gasteiger partial charge in [0.1, 0.15) is 0 Å². The molecular formula is C54H51NbO6S3. The third-order valence-electron chi connectivity index (χ3n) is 15.2. The molecule has 6 bridgehead atoms. The first-order chi connectivity index (χ1) is 30.6. The summed E-state index contributed by atoms with van der Waals surface area (Å²) in [6.07, 6.45) is 9.20. The Hall–Kier alpha value is -3.70. The predicted octanol–water partition coefficient (Wildman–Crippen LogP) is 9.29. The zero-order valence-corrected chi connectivity index (χ0v) is 40.2. The van der Waals surface area contributed by atoms with Crippen molar-refractivity contribution in [2.24, 2.45) is 53.3 Å². The maximum atomic E-state index is 11.2. The minimum atomic E-state index is -0.841. The first-order valence-electron chi connectivity index (χ1n) is 22.7. The molecule has 0 saturated heterocycles. The fourth-order valence-corrected chi connectivity index (χ4v) is 16.9. The number of hydrogen-bond acceptors (Lipinski definition) is 9. The van der Waals surface area contributed by atoms with Gasteiger partial charge in [-0.2, -0.15) is 0 Å². The molecule has 64 heavy (non-hydrogen) atoms. The van der Waals surface area contributed by atoms with Gasteiger partial charge in [-0.1, -0.05) is 91.0 Å². The molecule has 6 nitrogen and oxygen atoms in total. The zero-order chi connectivity index (χ0) is 43.2. The third kappa shape index (κ3) is 9.72. The molecule has 326 valence electrons. The van der Waals surface area contributed by atoms with Crippen LogP contribution in [0.5, 0.6) is 0 Å². The number of carboxylic acid groups (broad SMARTS) is 3. The number of carbonyl (C=O) groups is 3. The van der Waals surface area contributed by atoms with Crippen LogP contribution in [0.25, 0.3) is 32.3 Å². The van der Waals surface area contributed by atoms with Crippen molar-refractivity contribution in [2.45, 2.75) is 88.2 Å². The summed E-state index contributed by atoms with van der Waals surface area (Å²) in [5.74, 6) is -0.499. The second-order valence-corrected chi connectivity index (χ2v) is 22.9. The zero-order valence-electron chi connectivity index (χ0n) is 35.5. The van der Waals surface area contributed by atoms with Gasteiger partial charge in [0.25, 0.3) is 0 Å². The SMILES string of the molecule is O=C([O-])C1CC2CC(Sc3ccc4ccccc4c3)C1C2.O=C([O-])C1CC2CC(Sc3ccc4ccccc4c3)C1C2.O=C([O-])C1CC2CC(Sc3ccc4ccccc4c3)C1C2.[Nb+3]. The Kier molecular flexibility index (Phi) is 14.0. The van der Waals surface area contributed by atoms with E-state index in [4.69, 9.17) is 0 Å². The van der Waals surface area contributed by atoms with E-state index in [1.165, 1.54) is 47.0 Å². The van der Waals surface area contributed by atoms with Gasteiger partial charge in [-0.15, -0.1) is 35.3 Å². The van der Waals surface area contributed by atoms with Crippen LogP contribution < -0.4 is 15.3 Å². The number of benzene rings is 6. The summed E-state index contributed by atoms with van der Waals surface area (Å²) in [6.45, 7) is 0. The molecule has 0 amide bonds. The monoisotopic (exact) mass is 984 g/mol. The molecule has 0 heterocycles. The maximum Gasteiger partial charge on any atom is 3.00 e. The van der Waals surface area contributed by atoms with Crippen molar-refractivity contribution in [3.63, 3.8) is 0 Å². The summed E-state index contributed by atoms with van der Waals surface area (Å²) >= 11 is 5.58. The molecule has 0 N–H and O–H groups in total. The molecule has 0 aromatic heterocycles. The normalized spacial score (nSPS) is 30.4. The Bertz CT molecular complexity index is 2380. The molecule has 6 aromatic rings. The van der Waals surface area contributed by atoms with E-state index in [-0.39, 0.29) is 40.1 Å². The van der Waals surface area contributed by atoms with Crippen LogP contribution in [0.3, 0.4) is 0 Å². The van der Waals surface area contributed by atoms with Gasteiger partial charge >= 0.3 is 22.4 Å². The Labute approximate surface area is 403 Å². The Morgan fingerprint density at radius 2 is 0.625 bits per heavy atom. The van der Waals surface area contributed by atoms with Gasteiger partial charge in [0.2, 0.25) is 0 Å². The second-order valence-electron chi connectivity index (χ2n) is 19.0. The summed E-state index contributed by atoms with van der Waals surface area (Å²) < 4.78 is 0. The molecule has 12 unspecified atom stereocenters. The van der Waals surface area contributed by atoms with E-state index in [1.54, 1.807) is 0 Å². The van der Waals surface area contributed by atoms with Crippen LogP contribution in [0.1, 0.15) is 57.8 Å². The van der Waals surface area contributed by atoms with Crippen molar-refractivity contribution < 1.29 is 52.1 Å². The number of carbonyl (C=O) groups excluding carboxylic acids is 3. The molecule has 12 atom stereocenters. The molecule has 6 fully saturated rings. The quantitative estimate of drug-likeness (QED) is 0.131. The van der Waals surface area contributed by atoms with Gasteiger partial charge in [0.15, 0.2) is 0 Å². The summed E-state index contributed by atoms with van der Waals surface area (Å²) in [4.78, 5) is 37.5. The summed E-state index contributed by atoms with van der Waals surface area (Å²) in [5, 5.41) is 42.6. The van der Waals surface area contributed by atoms with Crippen LogP contribution in [0.15, 0.2) is 142 Å². The Morgan fingerprint density at radius 3 is 0.875 bits per heavy atom. The predicted molar refractivity (Wildman–Crippen MR) is 249 cm³/mol. The van der Waals surface area contributed by atoms with E-state index in [9.17, 15) is 29.7 Å². The van der Waals surface area contributed by atoms with Gasteiger partial charge in [0.05, 0.1) is 0 Å². The fourth-order valence-electron chi connectivity index (χ4n) is 12.3. The first-order valence-corrected chi connectivity index (χ1v) is 25.3. The van der Waals surface area contributed by atoms with Crippen LogP contribution in [-0.4, -0.2) is 33.7 Å². The molecule has 0 spiro atoms. The molecule has 0 radical (unpaired) electrons. The van der Waals surface area contributed by atoms with E-state index in [0.29, 0.717) is 51.3 Å². The van der Waals surface area contributed by atoms with E-state index < -0.39 is 17.9 Å². The average Bonchev–Trinajstić information content (AvgIpc) is 4.17. The van der Waals surface area contributed by atoms with Gasteiger partial charge < -0.3 is 29.7 Å². The van der Waals surface area contributed by atoms with Crippen molar-refractivity contribution in [1.82, 2.24) is 0 Å². The van der Waals surface area contributed by atoms with E-state index >= 15 is 0 Å². The van der Waals surface area contributed by atoms with Crippen molar-refractivity contribution in [3.05, 3.63) is 127 Å². The van der Waals surface area contributed by atoms with Crippen molar-refractivity contribution in [1.29, 1.82) is 0 Å². The molecule has 6 aromatic carbocycles. The summed E-state index contributed by atoms with van der Waals surface area (Å²) in [6, 6.07) is 44.7. The molecule has 6 aliphatic carbocycles. The number of carboxylic acids is 3. The summed E-state index contributed by atoms with van der Waals surface area (Å²) in [5.41, 5.74) is 0. The van der Waals surface area contributed by atoms with Crippen LogP contribution in [0, 0.1) is 53.3 Å². The van der Waals surface area contributed by atoms with Crippen molar-refractivity contribution in [3.8, 4) is 0 Å². The number of thioether (sulfide) groups is 3. The number of aliphatic carboxylic acids is 3. The van der Waals surface area contributed by atoms with Crippen molar-refractivity contribution >= 4 is 85.5 Å². The molecule has 6 saturated carbocycles. The van der Waals surface area contributed by atoms with Crippen molar-refractivity contribution in [2.75, 3.05) is 0 Å². The van der Waals surface area contributed by atoms with E-state index in [1.807, 2.05) is 35.3 Å². The number of hydrogen-bond donors (Lipinski definition) is 0. The average molecular weight is 985 g/mol. The minimum absolute atomic E-state index is 0. The van der Waals surface area contributed by atoms with E-state index in [2.05, 4.69) is 127 Å². The topological polar surface area (TPSA) is 120 Å². The number of rotatable bonds is 9.